The molecular weight excluding hydrogens is 995 g/mol. The zero-order valence-corrected chi connectivity index (χ0v) is 26.8. The van der Waals surface area contributed by atoms with E-state index >= 15 is 0 Å². The Hall–Kier alpha value is -3.13. The third-order valence-corrected chi connectivity index (χ3v) is 2.33. The smallest absolute Gasteiger partial charge is 0.444 e. The van der Waals surface area contributed by atoms with Gasteiger partial charge in [-0.05, 0) is 9.05 Å². The van der Waals surface area contributed by atoms with Crippen molar-refractivity contribution in [1.29, 1.82) is 0 Å². The van der Waals surface area contributed by atoms with Crippen LogP contribution in [0.25, 0.3) is 0 Å². The van der Waals surface area contributed by atoms with E-state index in [-0.39, 0.29) is 44.6 Å². The maximum Gasteiger partial charge on any atom is 0.495 e. The van der Waals surface area contributed by atoms with E-state index in [1.807, 2.05) is 0 Å². The summed E-state index contributed by atoms with van der Waals surface area (Å²) in [5.41, 5.74) is 0. The second kappa shape index (κ2) is 67.9. The van der Waals surface area contributed by atoms with E-state index in [9.17, 15) is 132 Å². The summed E-state index contributed by atoms with van der Waals surface area (Å²) in [7, 11) is 0.975. The van der Waals surface area contributed by atoms with Gasteiger partial charge in [-0.1, -0.05) is 44.6 Å². The maximum absolute atomic E-state index is 12.2. The van der Waals surface area contributed by atoms with Gasteiger partial charge in [0.05, 0.1) is 7.11 Å². The highest BCUT2D eigenvalue weighted by atomic mass is 19.4. The molecule has 0 heterocycles. The summed E-state index contributed by atoms with van der Waals surface area (Å²) in [6.45, 7) is -18.1. The summed E-state index contributed by atoms with van der Waals surface area (Å²) in [5.74, 6) is -9.48. The van der Waals surface area contributed by atoms with E-state index in [4.69, 9.17) is 15.0 Å². The van der Waals surface area contributed by atoms with Crippen molar-refractivity contribution in [2.75, 3.05) is 75.2 Å². The van der Waals surface area contributed by atoms with E-state index in [0.717, 1.165) is 7.11 Å². The zero-order chi connectivity index (χ0) is 48.8. The molecule has 0 aliphatic carbocycles. The number of alkyl halides is 25. The average Bonchev–Trinajstić information content (AvgIpc) is 3.09. The largest absolute Gasteiger partial charge is 0.495 e. The minimum absolute atomic E-state index is 0. The molecule has 0 aromatic heterocycles. The van der Waals surface area contributed by atoms with Crippen molar-refractivity contribution in [3.63, 3.8) is 0 Å². The Bertz CT molecular complexity index is 771. The predicted molar refractivity (Wildman–Crippen MR) is 164 cm³/mol. The molecule has 0 rings (SSSR count). The summed E-state index contributed by atoms with van der Waals surface area (Å²) >= 11 is 0. The molecule has 2 atom stereocenters. The van der Waals surface area contributed by atoms with Crippen LogP contribution in [0.15, 0.2) is 0 Å². The molecule has 0 spiro atoms. The quantitative estimate of drug-likeness (QED) is 0.181. The second-order valence-corrected chi connectivity index (χ2v) is 5.96. The number of carbonyl (C=O) groups excluding carboxylic acids is 2. The van der Waals surface area contributed by atoms with Crippen LogP contribution < -0.4 is 0 Å². The fourth-order valence-electron chi connectivity index (χ4n) is 0.629. The topological polar surface area (TPSA) is 121 Å². The first-order chi connectivity index (χ1) is 25.6. The fraction of sp³-hybridized carbons (Fsp3) is 0.920. The summed E-state index contributed by atoms with van der Waals surface area (Å²) in [6, 6.07) is -3.44. The molecule has 63 heavy (non-hydrogen) atoms. The lowest BCUT2D eigenvalue weighted by Gasteiger charge is -2.23. The summed E-state index contributed by atoms with van der Waals surface area (Å²) in [4.78, 5) is 23.1. The first-order valence-electron chi connectivity index (χ1n) is 11.3. The molecule has 2 N–H and O–H groups in total. The molecule has 406 valence electrons. The van der Waals surface area contributed by atoms with Crippen LogP contribution in [0.4, 0.5) is 132 Å². The molecule has 2 unspecified atom stereocenters. The molecule has 9 nitrogen and oxygen atoms in total. The van der Waals surface area contributed by atoms with Gasteiger partial charge in [-0.25, -0.2) is 53.1 Å². The van der Waals surface area contributed by atoms with E-state index < -0.39 is 117 Å². The molecule has 0 aliphatic rings. The van der Waals surface area contributed by atoms with Crippen LogP contribution in [0, 0.1) is 0 Å². The number of methoxy groups -OCH3 is 1. The molecule has 0 radical (unpaired) electrons. The number of aliphatic hydroxyl groups is 2. The van der Waals surface area contributed by atoms with E-state index in [0.29, 0.717) is 0 Å². The molecule has 0 aromatic rings. The van der Waals surface area contributed by atoms with Gasteiger partial charge < -0.3 is 19.7 Å². The van der Waals surface area contributed by atoms with Crippen molar-refractivity contribution in [1.82, 2.24) is 0 Å². The van der Waals surface area contributed by atoms with Gasteiger partial charge in [0, 0.05) is 0 Å². The Balaban J connectivity index is -0.0000000287. The zero-order valence-electron chi connectivity index (χ0n) is 26.8. The van der Waals surface area contributed by atoms with Crippen LogP contribution >= 0.6 is 0 Å². The lowest BCUT2D eigenvalue weighted by molar-refractivity contribution is -0.350. The predicted octanol–water partition coefficient (Wildman–Crippen LogP) is 13.7. The summed E-state index contributed by atoms with van der Waals surface area (Å²) < 4.78 is 318. The minimum Gasteiger partial charge on any atom is -0.444 e. The molecule has 0 amide bonds. The van der Waals surface area contributed by atoms with Gasteiger partial charge in [-0.3, -0.25) is 9.53 Å². The molecule has 0 fully saturated rings. The van der Waals surface area contributed by atoms with Gasteiger partial charge in [-0.2, -0.15) is 75.7 Å². The summed E-state index contributed by atoms with van der Waals surface area (Å²) in [5, 5.41) is 14.8. The lowest BCUT2D eigenvalue weighted by atomic mass is 10.3. The van der Waals surface area contributed by atoms with Crippen LogP contribution in [0.1, 0.15) is 44.6 Å². The van der Waals surface area contributed by atoms with Gasteiger partial charge in [0.15, 0.2) is 33.9 Å². The number of carbonyl (C=O) groups is 2. The first-order valence-corrected chi connectivity index (χ1v) is 11.3. The molecular formula is C25H49F29O9. The van der Waals surface area contributed by atoms with Crippen LogP contribution in [0.5, 0.6) is 0 Å². The van der Waals surface area contributed by atoms with Gasteiger partial charge in [0.1, 0.15) is 6.61 Å². The SMILES string of the molecule is C.C.C.C.C.C.COC(=O)F.FCC(F)(F)F.FCC(F)(F)F.FCF.FCF.FCOF.FCOF.O=C(F)C(F)(OCF)C(F)(F)F.OCC(F)(OCF)C(F)(F)F.OCF. The van der Waals surface area contributed by atoms with Gasteiger partial charge in [0.25, 0.3) is 0 Å². The highest BCUT2D eigenvalue weighted by molar-refractivity contribution is 5.77. The number of hydrogen-bond donors (Lipinski definition) is 2. The Morgan fingerprint density at radius 3 is 0.698 bits per heavy atom. The monoisotopic (exact) mass is 1040 g/mol. The number of hydrogen-bond acceptors (Lipinski definition) is 9. The number of halogens is 29. The maximum atomic E-state index is 12.2. The van der Waals surface area contributed by atoms with E-state index in [1.165, 1.54) is 0 Å². The van der Waals surface area contributed by atoms with Gasteiger partial charge >= 0.3 is 48.7 Å². The molecule has 0 aliphatic heterocycles. The number of aliphatic hydroxyl groups excluding tert-OH is 2. The summed E-state index contributed by atoms with van der Waals surface area (Å²) in [6.07, 6.45) is -22.3. The van der Waals surface area contributed by atoms with Gasteiger partial charge in [-0.15, -0.1) is 4.39 Å². The third-order valence-electron chi connectivity index (χ3n) is 2.33. The molecule has 0 saturated heterocycles. The fourth-order valence-corrected chi connectivity index (χ4v) is 0.629. The Morgan fingerprint density at radius 2 is 0.667 bits per heavy atom. The Kier molecular flexibility index (Phi) is 116. The first kappa shape index (κ1) is 108. The minimum atomic E-state index is -5.93. The second-order valence-electron chi connectivity index (χ2n) is 5.96. The van der Waals surface area contributed by atoms with Crippen molar-refractivity contribution in [3.05, 3.63) is 0 Å². The third kappa shape index (κ3) is 109. The van der Waals surface area contributed by atoms with Crippen molar-refractivity contribution in [2.45, 2.75) is 81.0 Å². The number of rotatable bonds is 8. The Morgan fingerprint density at radius 1 is 0.476 bits per heavy atom. The Labute approximate surface area is 341 Å². The lowest BCUT2D eigenvalue weighted by Crippen LogP contribution is -2.48. The van der Waals surface area contributed by atoms with Crippen LogP contribution in [-0.2, 0) is 28.9 Å². The average molecular weight is 1040 g/mol. The normalized spacial score (nSPS) is 11.0. The molecule has 38 heteroatoms. The number of ether oxygens (including phenoxy) is 3. The highest BCUT2D eigenvalue weighted by Crippen LogP contribution is 2.36. The highest BCUT2D eigenvalue weighted by Gasteiger charge is 2.64. The molecule has 0 saturated carbocycles. The van der Waals surface area contributed by atoms with Crippen LogP contribution in [-0.4, -0.2) is 134 Å². The van der Waals surface area contributed by atoms with E-state index in [1.54, 1.807) is 0 Å². The standard InChI is InChI=1S/C4H2F6O2.C4H5F5O2.2C2H2F4.C2H3FO2.2CH2F2O.2CH2F2.CH3FO.6CH4/c5-1-12-3(7,2(6)11)4(8,9)10;5-2-11-3(6,1-10)4(7,8)9;2*3-1-2(4,5)6;1-5-2(3)4;2*2-1-4-3;3*2-1-3;;;;;;/h1H2;10H,1-2H2;2*1H2;1H3;2*1H2;2*1H2;3H,1H2;6*1H4. The van der Waals surface area contributed by atoms with Crippen LogP contribution in [0.3, 0.4) is 0 Å². The van der Waals surface area contributed by atoms with E-state index in [2.05, 4.69) is 24.1 Å². The molecule has 0 aromatic carbocycles. The van der Waals surface area contributed by atoms with Gasteiger partial charge in [0.2, 0.25) is 27.6 Å². The van der Waals surface area contributed by atoms with Crippen LogP contribution in [0.2, 0.25) is 0 Å². The van der Waals surface area contributed by atoms with Crippen molar-refractivity contribution < 1.29 is 171 Å². The molecule has 0 bridgehead atoms. The van der Waals surface area contributed by atoms with Crippen molar-refractivity contribution >= 4 is 12.3 Å². The van der Waals surface area contributed by atoms with Crippen molar-refractivity contribution in [2.24, 2.45) is 0 Å². The van der Waals surface area contributed by atoms with Crippen molar-refractivity contribution in [3.8, 4) is 0 Å².